The van der Waals surface area contributed by atoms with Crippen LogP contribution in [0.1, 0.15) is 25.3 Å². The summed E-state index contributed by atoms with van der Waals surface area (Å²) in [7, 11) is 0. The molecule has 0 saturated heterocycles. The molecule has 0 amide bonds. The van der Waals surface area contributed by atoms with Crippen molar-refractivity contribution in [1.82, 2.24) is 5.32 Å². The van der Waals surface area contributed by atoms with Crippen molar-refractivity contribution in [3.63, 3.8) is 0 Å². The van der Waals surface area contributed by atoms with E-state index in [9.17, 15) is 4.39 Å². The molecular weight excluding hydrogens is 248 g/mol. The number of hydrogen-bond acceptors (Lipinski definition) is 1. The lowest BCUT2D eigenvalue weighted by Crippen LogP contribution is -2.18. The van der Waals surface area contributed by atoms with Gasteiger partial charge >= 0.3 is 0 Å². The Balaban J connectivity index is 2.32. The maximum atomic E-state index is 13.4. The molecule has 0 aliphatic heterocycles. The minimum absolute atomic E-state index is 0.197. The Morgan fingerprint density at radius 2 is 2.19 bits per heavy atom. The van der Waals surface area contributed by atoms with E-state index in [-0.39, 0.29) is 11.2 Å². The molecule has 0 bridgehead atoms. The van der Waals surface area contributed by atoms with Gasteiger partial charge in [0.05, 0.1) is 0 Å². The molecule has 0 heterocycles. The molecule has 4 heteroatoms. The molecule has 1 aromatic carbocycles. The van der Waals surface area contributed by atoms with Crippen LogP contribution in [-0.4, -0.2) is 11.9 Å². The third-order valence-electron chi connectivity index (χ3n) is 2.41. The summed E-state index contributed by atoms with van der Waals surface area (Å²) in [5.74, 6) is -0.266. The van der Waals surface area contributed by atoms with Gasteiger partial charge in [-0.1, -0.05) is 24.6 Å². The van der Waals surface area contributed by atoms with E-state index in [1.807, 2.05) is 0 Å². The molecular formula is C12H16Cl2FN. The van der Waals surface area contributed by atoms with E-state index in [2.05, 4.69) is 12.2 Å². The van der Waals surface area contributed by atoms with Crippen molar-refractivity contribution >= 4 is 23.2 Å². The molecule has 1 unspecified atom stereocenters. The van der Waals surface area contributed by atoms with Gasteiger partial charge in [-0.3, -0.25) is 0 Å². The van der Waals surface area contributed by atoms with Crippen molar-refractivity contribution in [2.45, 2.75) is 31.7 Å². The monoisotopic (exact) mass is 263 g/mol. The molecule has 1 N–H and O–H groups in total. The zero-order chi connectivity index (χ0) is 12.0. The summed E-state index contributed by atoms with van der Waals surface area (Å²) in [6, 6.07) is 4.72. The summed E-state index contributed by atoms with van der Waals surface area (Å²) in [6.07, 6.45) is 1.85. The van der Waals surface area contributed by atoms with Gasteiger partial charge in [0.25, 0.3) is 0 Å². The van der Waals surface area contributed by atoms with Crippen molar-refractivity contribution in [2.75, 3.05) is 6.54 Å². The number of rotatable bonds is 6. The molecule has 1 atom stereocenters. The smallest absolute Gasteiger partial charge is 0.129 e. The zero-order valence-electron chi connectivity index (χ0n) is 9.27. The van der Waals surface area contributed by atoms with E-state index >= 15 is 0 Å². The Morgan fingerprint density at radius 1 is 1.44 bits per heavy atom. The Labute approximate surface area is 106 Å². The molecule has 0 aliphatic rings. The zero-order valence-corrected chi connectivity index (χ0v) is 10.8. The first-order valence-corrected chi connectivity index (χ1v) is 6.23. The second kappa shape index (κ2) is 7.10. The van der Waals surface area contributed by atoms with Crippen LogP contribution in [0.25, 0.3) is 0 Å². The Bertz CT molecular complexity index is 331. The number of hydrogen-bond donors (Lipinski definition) is 1. The van der Waals surface area contributed by atoms with Crippen LogP contribution in [0.15, 0.2) is 18.2 Å². The third-order valence-corrected chi connectivity index (χ3v) is 3.17. The normalized spacial score (nSPS) is 12.8. The molecule has 0 aromatic heterocycles. The number of nitrogens with one attached hydrogen (secondary N) is 1. The second-order valence-corrected chi connectivity index (χ2v) is 4.76. The van der Waals surface area contributed by atoms with Gasteiger partial charge in [-0.05, 0) is 31.5 Å². The quantitative estimate of drug-likeness (QED) is 0.605. The van der Waals surface area contributed by atoms with E-state index < -0.39 is 0 Å². The van der Waals surface area contributed by atoms with E-state index in [1.165, 1.54) is 6.07 Å². The lowest BCUT2D eigenvalue weighted by atomic mass is 10.2. The predicted molar refractivity (Wildman–Crippen MR) is 67.7 cm³/mol. The molecule has 0 spiro atoms. The highest BCUT2D eigenvalue weighted by molar-refractivity contribution is 6.30. The maximum Gasteiger partial charge on any atom is 0.129 e. The van der Waals surface area contributed by atoms with Crippen LogP contribution in [0.3, 0.4) is 0 Å². The first kappa shape index (κ1) is 13.8. The van der Waals surface area contributed by atoms with E-state index in [4.69, 9.17) is 23.2 Å². The highest BCUT2D eigenvalue weighted by atomic mass is 35.5. The minimum atomic E-state index is -0.266. The molecule has 0 fully saturated rings. The van der Waals surface area contributed by atoms with Gasteiger partial charge in [0, 0.05) is 22.5 Å². The van der Waals surface area contributed by atoms with Gasteiger partial charge in [0.15, 0.2) is 0 Å². The summed E-state index contributed by atoms with van der Waals surface area (Å²) < 4.78 is 13.4. The van der Waals surface area contributed by atoms with Crippen molar-refractivity contribution in [3.05, 3.63) is 34.6 Å². The first-order valence-electron chi connectivity index (χ1n) is 5.42. The molecule has 1 aromatic rings. The van der Waals surface area contributed by atoms with E-state index in [1.54, 1.807) is 12.1 Å². The van der Waals surface area contributed by atoms with Crippen LogP contribution in [0.2, 0.25) is 5.02 Å². The van der Waals surface area contributed by atoms with Gasteiger partial charge in [-0.15, -0.1) is 11.6 Å². The third kappa shape index (κ3) is 4.69. The molecule has 90 valence electrons. The number of benzene rings is 1. The van der Waals surface area contributed by atoms with Crippen molar-refractivity contribution in [2.24, 2.45) is 0 Å². The fourth-order valence-electron chi connectivity index (χ4n) is 1.35. The van der Waals surface area contributed by atoms with Crippen molar-refractivity contribution < 1.29 is 4.39 Å². The summed E-state index contributed by atoms with van der Waals surface area (Å²) >= 11 is 11.6. The molecule has 16 heavy (non-hydrogen) atoms. The predicted octanol–water partition coefficient (Wildman–Crippen LogP) is 3.98. The van der Waals surface area contributed by atoms with Gasteiger partial charge in [-0.2, -0.15) is 0 Å². The van der Waals surface area contributed by atoms with Gasteiger partial charge < -0.3 is 5.32 Å². The maximum absolute atomic E-state index is 13.4. The Kier molecular flexibility index (Phi) is 6.10. The van der Waals surface area contributed by atoms with Gasteiger partial charge in [0.1, 0.15) is 5.82 Å². The molecule has 0 aliphatic carbocycles. The summed E-state index contributed by atoms with van der Waals surface area (Å²) in [5.41, 5.74) is 0.632. The van der Waals surface area contributed by atoms with Gasteiger partial charge in [-0.25, -0.2) is 4.39 Å². The molecule has 1 nitrogen and oxygen atoms in total. The highest BCUT2D eigenvalue weighted by Gasteiger charge is 2.03. The SMILES string of the molecule is CCC(Cl)CCNCc1ccc(Cl)cc1F. The second-order valence-electron chi connectivity index (χ2n) is 3.71. The number of halogens is 3. The van der Waals surface area contributed by atoms with E-state index in [0.29, 0.717) is 17.1 Å². The Morgan fingerprint density at radius 3 is 2.81 bits per heavy atom. The lowest BCUT2D eigenvalue weighted by molar-refractivity contribution is 0.575. The fourth-order valence-corrected chi connectivity index (χ4v) is 1.62. The Hall–Kier alpha value is -0.310. The van der Waals surface area contributed by atoms with Crippen molar-refractivity contribution in [1.29, 1.82) is 0 Å². The van der Waals surface area contributed by atoms with E-state index in [0.717, 1.165) is 19.4 Å². The highest BCUT2D eigenvalue weighted by Crippen LogP contribution is 2.14. The molecule has 1 rings (SSSR count). The minimum Gasteiger partial charge on any atom is -0.313 e. The van der Waals surface area contributed by atoms with Crippen LogP contribution in [0.5, 0.6) is 0 Å². The summed E-state index contributed by atoms with van der Waals surface area (Å²) in [4.78, 5) is 0. The summed E-state index contributed by atoms with van der Waals surface area (Å²) in [6.45, 7) is 3.36. The first-order chi connectivity index (χ1) is 7.63. The summed E-state index contributed by atoms with van der Waals surface area (Å²) in [5, 5.41) is 3.78. The largest absolute Gasteiger partial charge is 0.313 e. The molecule has 0 saturated carbocycles. The lowest BCUT2D eigenvalue weighted by Gasteiger charge is -2.08. The average molecular weight is 264 g/mol. The average Bonchev–Trinajstić information content (AvgIpc) is 2.26. The van der Waals surface area contributed by atoms with Crippen LogP contribution < -0.4 is 5.32 Å². The van der Waals surface area contributed by atoms with Crippen LogP contribution in [0.4, 0.5) is 4.39 Å². The van der Waals surface area contributed by atoms with Gasteiger partial charge in [0.2, 0.25) is 0 Å². The van der Waals surface area contributed by atoms with Crippen molar-refractivity contribution in [3.8, 4) is 0 Å². The fraction of sp³-hybridized carbons (Fsp3) is 0.500. The van der Waals surface area contributed by atoms with Crippen LogP contribution in [0, 0.1) is 5.82 Å². The van der Waals surface area contributed by atoms with Crippen LogP contribution >= 0.6 is 23.2 Å². The molecule has 0 radical (unpaired) electrons. The topological polar surface area (TPSA) is 12.0 Å². The number of alkyl halides is 1. The van der Waals surface area contributed by atoms with Crippen LogP contribution in [-0.2, 0) is 6.54 Å². The standard InChI is InChI=1S/C12H16Cl2FN/c1-2-10(13)5-6-16-8-9-3-4-11(14)7-12(9)15/h3-4,7,10,16H,2,5-6,8H2,1H3.